The SMILES string of the molecule is CSc1ccc(C2c3c(oc4ccc(C)cc4c3=O)C(=O)N2c2ccc(C)cc2)cc1. The van der Waals surface area contributed by atoms with Gasteiger partial charge in [-0.1, -0.05) is 41.5 Å². The number of carbonyl (C=O) groups is 1. The molecule has 1 aliphatic rings. The molecule has 0 N–H and O–H groups in total. The van der Waals surface area contributed by atoms with Crippen LogP contribution < -0.4 is 10.3 Å². The summed E-state index contributed by atoms with van der Waals surface area (Å²) in [6.45, 7) is 3.94. The lowest BCUT2D eigenvalue weighted by molar-refractivity contribution is 0.0971. The summed E-state index contributed by atoms with van der Waals surface area (Å²) in [6, 6.07) is 20.7. The van der Waals surface area contributed by atoms with Crippen molar-refractivity contribution in [2.75, 3.05) is 11.2 Å². The van der Waals surface area contributed by atoms with Crippen LogP contribution >= 0.6 is 11.8 Å². The highest BCUT2D eigenvalue weighted by molar-refractivity contribution is 7.98. The van der Waals surface area contributed by atoms with Crippen molar-refractivity contribution in [1.82, 2.24) is 0 Å². The summed E-state index contributed by atoms with van der Waals surface area (Å²) in [6.07, 6.45) is 2.02. The predicted octanol–water partition coefficient (Wildman–Crippen LogP) is 5.88. The number of benzene rings is 3. The molecule has 0 aliphatic carbocycles. The van der Waals surface area contributed by atoms with Gasteiger partial charge in [0.1, 0.15) is 5.58 Å². The highest BCUT2D eigenvalue weighted by atomic mass is 32.2. The third kappa shape index (κ3) is 3.17. The maximum Gasteiger partial charge on any atom is 0.295 e. The summed E-state index contributed by atoms with van der Waals surface area (Å²) in [5.41, 5.74) is 4.38. The third-order valence-corrected chi connectivity index (χ3v) is 6.51. The Morgan fingerprint density at radius 2 is 1.55 bits per heavy atom. The second-order valence-corrected chi connectivity index (χ2v) is 8.74. The highest BCUT2D eigenvalue weighted by Gasteiger charge is 2.43. The molecule has 0 fully saturated rings. The number of amides is 1. The molecule has 1 aliphatic heterocycles. The molecular formula is C26H21NO3S. The van der Waals surface area contributed by atoms with Crippen molar-refractivity contribution in [3.8, 4) is 0 Å². The van der Waals surface area contributed by atoms with Gasteiger partial charge in [0.05, 0.1) is 17.0 Å². The minimum absolute atomic E-state index is 0.126. The second-order valence-electron chi connectivity index (χ2n) is 7.86. The molecule has 1 aromatic heterocycles. The molecule has 0 radical (unpaired) electrons. The summed E-state index contributed by atoms with van der Waals surface area (Å²) in [5.74, 6) is -0.168. The van der Waals surface area contributed by atoms with E-state index in [4.69, 9.17) is 4.42 Å². The van der Waals surface area contributed by atoms with Gasteiger partial charge in [0.25, 0.3) is 5.91 Å². The highest BCUT2D eigenvalue weighted by Crippen LogP contribution is 2.41. The maximum absolute atomic E-state index is 13.6. The fourth-order valence-corrected chi connectivity index (χ4v) is 4.57. The van der Waals surface area contributed by atoms with Crippen LogP contribution in [0.1, 0.15) is 38.9 Å². The van der Waals surface area contributed by atoms with Gasteiger partial charge in [-0.15, -0.1) is 11.8 Å². The minimum atomic E-state index is -0.540. The first-order valence-electron chi connectivity index (χ1n) is 10.1. The van der Waals surface area contributed by atoms with Crippen molar-refractivity contribution in [1.29, 1.82) is 0 Å². The van der Waals surface area contributed by atoms with E-state index in [-0.39, 0.29) is 17.1 Å². The summed E-state index contributed by atoms with van der Waals surface area (Å²) < 4.78 is 6.03. The Labute approximate surface area is 184 Å². The van der Waals surface area contributed by atoms with E-state index in [1.807, 2.05) is 80.8 Å². The number of aryl methyl sites for hydroxylation is 2. The average molecular weight is 428 g/mol. The van der Waals surface area contributed by atoms with Gasteiger partial charge in [-0.2, -0.15) is 0 Å². The first-order valence-corrected chi connectivity index (χ1v) is 11.3. The van der Waals surface area contributed by atoms with E-state index in [0.717, 1.165) is 27.3 Å². The van der Waals surface area contributed by atoms with E-state index >= 15 is 0 Å². The van der Waals surface area contributed by atoms with Gasteiger partial charge in [0.2, 0.25) is 5.76 Å². The molecule has 3 aromatic carbocycles. The van der Waals surface area contributed by atoms with Gasteiger partial charge in [0.15, 0.2) is 5.43 Å². The van der Waals surface area contributed by atoms with Crippen molar-refractivity contribution >= 4 is 34.3 Å². The standard InChI is InChI=1S/C26H21NO3S/c1-15-4-9-18(10-5-15)27-23(17-7-11-19(31-3)12-8-17)22-24(28)20-14-16(2)6-13-21(20)30-25(22)26(27)29/h4-14,23H,1-3H3. The van der Waals surface area contributed by atoms with Gasteiger partial charge in [-0.05, 0) is 62.1 Å². The van der Waals surface area contributed by atoms with Crippen LogP contribution in [0.25, 0.3) is 11.0 Å². The number of thioether (sulfide) groups is 1. The first kappa shape index (κ1) is 19.6. The summed E-state index contributed by atoms with van der Waals surface area (Å²) in [5, 5.41) is 0.503. The lowest BCUT2D eigenvalue weighted by atomic mass is 9.98. The summed E-state index contributed by atoms with van der Waals surface area (Å²) >= 11 is 1.65. The normalized spacial score (nSPS) is 15.5. The Balaban J connectivity index is 1.79. The molecule has 1 atom stereocenters. The summed E-state index contributed by atoms with van der Waals surface area (Å²) in [7, 11) is 0. The lowest BCUT2D eigenvalue weighted by Crippen LogP contribution is -2.29. The van der Waals surface area contributed by atoms with Crippen molar-refractivity contribution < 1.29 is 9.21 Å². The van der Waals surface area contributed by atoms with Gasteiger partial charge in [0, 0.05) is 10.6 Å². The van der Waals surface area contributed by atoms with Gasteiger partial charge in [-0.3, -0.25) is 14.5 Å². The lowest BCUT2D eigenvalue weighted by Gasteiger charge is -2.25. The van der Waals surface area contributed by atoms with Crippen LogP contribution in [-0.4, -0.2) is 12.2 Å². The van der Waals surface area contributed by atoms with E-state index in [2.05, 4.69) is 0 Å². The Kier molecular flexibility index (Phi) is 4.71. The number of rotatable bonds is 3. The fourth-order valence-electron chi connectivity index (χ4n) is 4.16. The number of nitrogens with zero attached hydrogens (tertiary/aromatic N) is 1. The minimum Gasteiger partial charge on any atom is -0.450 e. The van der Waals surface area contributed by atoms with E-state index in [0.29, 0.717) is 16.5 Å². The summed E-state index contributed by atoms with van der Waals surface area (Å²) in [4.78, 5) is 30.0. The van der Waals surface area contributed by atoms with Crippen molar-refractivity contribution in [3.63, 3.8) is 0 Å². The van der Waals surface area contributed by atoms with Gasteiger partial charge < -0.3 is 4.42 Å². The molecule has 1 unspecified atom stereocenters. The second kappa shape index (κ2) is 7.43. The van der Waals surface area contributed by atoms with E-state index < -0.39 is 6.04 Å². The maximum atomic E-state index is 13.6. The zero-order valence-electron chi connectivity index (χ0n) is 17.5. The van der Waals surface area contributed by atoms with Crippen molar-refractivity contribution in [2.24, 2.45) is 0 Å². The van der Waals surface area contributed by atoms with Crippen molar-refractivity contribution in [2.45, 2.75) is 24.8 Å². The van der Waals surface area contributed by atoms with Gasteiger partial charge >= 0.3 is 0 Å². The largest absolute Gasteiger partial charge is 0.450 e. The molecule has 5 heteroatoms. The number of fused-ring (bicyclic) bond motifs is 2. The van der Waals surface area contributed by atoms with E-state index in [1.54, 1.807) is 22.7 Å². The van der Waals surface area contributed by atoms with Crippen LogP contribution in [0.4, 0.5) is 5.69 Å². The topological polar surface area (TPSA) is 50.5 Å². The molecule has 0 spiro atoms. The van der Waals surface area contributed by atoms with Crippen LogP contribution in [0, 0.1) is 13.8 Å². The molecule has 4 nitrogen and oxygen atoms in total. The number of carbonyl (C=O) groups excluding carboxylic acids is 1. The molecule has 1 amide bonds. The van der Waals surface area contributed by atoms with Crippen LogP contribution in [0.2, 0.25) is 0 Å². The predicted molar refractivity (Wildman–Crippen MR) is 125 cm³/mol. The molecule has 5 rings (SSSR count). The monoisotopic (exact) mass is 427 g/mol. The Morgan fingerprint density at radius 1 is 0.871 bits per heavy atom. The molecule has 4 aromatic rings. The van der Waals surface area contributed by atoms with Crippen molar-refractivity contribution in [3.05, 3.63) is 105 Å². The smallest absolute Gasteiger partial charge is 0.295 e. The Bertz CT molecular complexity index is 1370. The average Bonchev–Trinajstić information content (AvgIpc) is 3.07. The molecular weight excluding hydrogens is 406 g/mol. The molecule has 0 saturated carbocycles. The van der Waals surface area contributed by atoms with Crippen LogP contribution in [0.15, 0.2) is 80.8 Å². The van der Waals surface area contributed by atoms with Gasteiger partial charge in [-0.25, -0.2) is 0 Å². The molecule has 0 saturated heterocycles. The number of hydrogen-bond donors (Lipinski definition) is 0. The van der Waals surface area contributed by atoms with E-state index in [9.17, 15) is 9.59 Å². The molecule has 2 heterocycles. The molecule has 154 valence electrons. The zero-order chi connectivity index (χ0) is 21.7. The molecule has 31 heavy (non-hydrogen) atoms. The Hall–Kier alpha value is -3.31. The number of hydrogen-bond acceptors (Lipinski definition) is 4. The Morgan fingerprint density at radius 3 is 2.23 bits per heavy atom. The zero-order valence-corrected chi connectivity index (χ0v) is 18.3. The van der Waals surface area contributed by atoms with Crippen LogP contribution in [0.5, 0.6) is 0 Å². The third-order valence-electron chi connectivity index (χ3n) is 5.77. The quantitative estimate of drug-likeness (QED) is 0.383. The van der Waals surface area contributed by atoms with Crippen LogP contribution in [0.3, 0.4) is 0 Å². The van der Waals surface area contributed by atoms with Crippen LogP contribution in [-0.2, 0) is 0 Å². The number of anilines is 1. The molecule has 0 bridgehead atoms. The first-order chi connectivity index (χ1) is 15.0. The van der Waals surface area contributed by atoms with E-state index in [1.165, 1.54) is 0 Å². The fraction of sp³-hybridized carbons (Fsp3) is 0.154.